The molecule has 0 aliphatic rings. The third kappa shape index (κ3) is 4.60. The molecule has 0 spiro atoms. The summed E-state index contributed by atoms with van der Waals surface area (Å²) in [5.74, 6) is -0.229. The minimum Gasteiger partial charge on any atom is -0.348 e. The molecule has 30 heavy (non-hydrogen) atoms. The van der Waals surface area contributed by atoms with Crippen LogP contribution in [0.25, 0.3) is 0 Å². The van der Waals surface area contributed by atoms with Gasteiger partial charge in [-0.3, -0.25) is 9.59 Å². The van der Waals surface area contributed by atoms with Crippen LogP contribution in [0.4, 0.5) is 0 Å². The molecule has 0 aromatic heterocycles. The number of carbonyl (C=O) groups is 2. The Labute approximate surface area is 178 Å². The predicted octanol–water partition coefficient (Wildman–Crippen LogP) is 4.78. The van der Waals surface area contributed by atoms with E-state index in [4.69, 9.17) is 0 Å². The molecule has 4 heteroatoms. The van der Waals surface area contributed by atoms with Gasteiger partial charge in [-0.15, -0.1) is 0 Å². The third-order valence-electron chi connectivity index (χ3n) is 5.67. The smallest absolute Gasteiger partial charge is 0.252 e. The molecule has 0 fully saturated rings. The van der Waals surface area contributed by atoms with Gasteiger partial charge in [0.15, 0.2) is 0 Å². The summed E-state index contributed by atoms with van der Waals surface area (Å²) < 4.78 is 0. The van der Waals surface area contributed by atoms with E-state index in [9.17, 15) is 9.59 Å². The van der Waals surface area contributed by atoms with Crippen molar-refractivity contribution in [2.75, 3.05) is 0 Å². The number of benzene rings is 3. The highest BCUT2D eigenvalue weighted by Crippen LogP contribution is 2.27. The Morgan fingerprint density at radius 2 is 0.867 bits per heavy atom. The summed E-state index contributed by atoms with van der Waals surface area (Å²) in [7, 11) is 0. The van der Waals surface area contributed by atoms with Gasteiger partial charge in [0, 0.05) is 24.2 Å². The molecule has 0 aliphatic heterocycles. The van der Waals surface area contributed by atoms with E-state index in [1.807, 2.05) is 88.4 Å². The molecule has 0 saturated heterocycles. The summed E-state index contributed by atoms with van der Waals surface area (Å²) in [5, 5.41) is 6.01. The molecule has 2 amide bonds. The zero-order valence-corrected chi connectivity index (χ0v) is 18.0. The van der Waals surface area contributed by atoms with E-state index in [0.29, 0.717) is 24.2 Å². The Morgan fingerprint density at radius 1 is 0.567 bits per heavy atom. The van der Waals surface area contributed by atoms with Crippen molar-refractivity contribution in [1.82, 2.24) is 10.6 Å². The van der Waals surface area contributed by atoms with Gasteiger partial charge in [0.25, 0.3) is 11.8 Å². The molecule has 0 aliphatic carbocycles. The van der Waals surface area contributed by atoms with E-state index in [1.54, 1.807) is 0 Å². The maximum atomic E-state index is 12.9. The molecule has 154 valence electrons. The minimum absolute atomic E-state index is 0.115. The number of nitrogens with one attached hydrogen (secondary N) is 2. The Bertz CT molecular complexity index is 942. The molecular formula is C26H28N2O2. The van der Waals surface area contributed by atoms with E-state index in [1.165, 1.54) is 0 Å². The monoisotopic (exact) mass is 400 g/mol. The fourth-order valence-electron chi connectivity index (χ4n) is 3.73. The SMILES string of the molecule is Cc1c(C)c(C(=O)NCc2ccccc2)c(C)c(C)c1C(=O)NCc1ccccc1. The second-order valence-corrected chi connectivity index (χ2v) is 7.59. The van der Waals surface area contributed by atoms with Crippen LogP contribution in [0.1, 0.15) is 54.1 Å². The molecule has 3 aromatic carbocycles. The van der Waals surface area contributed by atoms with Gasteiger partial charge in [-0.1, -0.05) is 60.7 Å². The Kier molecular flexibility index (Phi) is 6.68. The van der Waals surface area contributed by atoms with Gasteiger partial charge in [-0.2, -0.15) is 0 Å². The molecule has 3 aromatic rings. The fraction of sp³-hybridized carbons (Fsp3) is 0.231. The number of rotatable bonds is 6. The van der Waals surface area contributed by atoms with Gasteiger partial charge in [-0.25, -0.2) is 0 Å². The van der Waals surface area contributed by atoms with Gasteiger partial charge in [0.1, 0.15) is 0 Å². The lowest BCUT2D eigenvalue weighted by Crippen LogP contribution is -2.28. The van der Waals surface area contributed by atoms with Crippen LogP contribution < -0.4 is 10.6 Å². The lowest BCUT2D eigenvalue weighted by Gasteiger charge is -2.20. The van der Waals surface area contributed by atoms with E-state index in [2.05, 4.69) is 10.6 Å². The van der Waals surface area contributed by atoms with Crippen molar-refractivity contribution < 1.29 is 9.59 Å². The Morgan fingerprint density at radius 3 is 1.17 bits per heavy atom. The second kappa shape index (κ2) is 9.40. The topological polar surface area (TPSA) is 58.2 Å². The highest BCUT2D eigenvalue weighted by atomic mass is 16.2. The van der Waals surface area contributed by atoms with Gasteiger partial charge >= 0.3 is 0 Å². The van der Waals surface area contributed by atoms with Crippen LogP contribution in [0.15, 0.2) is 60.7 Å². The molecule has 0 radical (unpaired) electrons. The first-order valence-corrected chi connectivity index (χ1v) is 10.1. The number of hydrogen-bond donors (Lipinski definition) is 2. The first-order chi connectivity index (χ1) is 14.4. The standard InChI is InChI=1S/C26H28N2O2/c1-17-18(2)24(26(30)28-16-22-13-9-6-10-14-22)20(4)19(3)23(17)25(29)27-15-21-11-7-5-8-12-21/h5-14H,15-16H2,1-4H3,(H,27,29)(H,28,30). The van der Waals surface area contributed by atoms with Crippen molar-refractivity contribution in [1.29, 1.82) is 0 Å². The maximum absolute atomic E-state index is 12.9. The molecule has 0 unspecified atom stereocenters. The zero-order valence-electron chi connectivity index (χ0n) is 18.0. The van der Waals surface area contributed by atoms with Crippen LogP contribution in [0.3, 0.4) is 0 Å². The van der Waals surface area contributed by atoms with Crippen molar-refractivity contribution in [2.24, 2.45) is 0 Å². The molecule has 0 atom stereocenters. The summed E-state index contributed by atoms with van der Waals surface area (Å²) >= 11 is 0. The van der Waals surface area contributed by atoms with E-state index in [0.717, 1.165) is 33.4 Å². The normalized spacial score (nSPS) is 10.5. The van der Waals surface area contributed by atoms with Gasteiger partial charge < -0.3 is 10.6 Å². The second-order valence-electron chi connectivity index (χ2n) is 7.59. The predicted molar refractivity (Wildman–Crippen MR) is 121 cm³/mol. The fourth-order valence-corrected chi connectivity index (χ4v) is 3.73. The van der Waals surface area contributed by atoms with E-state index >= 15 is 0 Å². The van der Waals surface area contributed by atoms with Crippen LogP contribution in [-0.4, -0.2) is 11.8 Å². The molecular weight excluding hydrogens is 372 g/mol. The van der Waals surface area contributed by atoms with Crippen LogP contribution in [0, 0.1) is 27.7 Å². The number of hydrogen-bond acceptors (Lipinski definition) is 2. The molecule has 4 nitrogen and oxygen atoms in total. The highest BCUT2D eigenvalue weighted by Gasteiger charge is 2.23. The van der Waals surface area contributed by atoms with Crippen LogP contribution in [-0.2, 0) is 13.1 Å². The Balaban J connectivity index is 1.82. The molecule has 0 bridgehead atoms. The third-order valence-corrected chi connectivity index (χ3v) is 5.67. The van der Waals surface area contributed by atoms with Crippen molar-refractivity contribution in [3.8, 4) is 0 Å². The minimum atomic E-state index is -0.115. The zero-order chi connectivity index (χ0) is 21.7. The molecule has 0 heterocycles. The van der Waals surface area contributed by atoms with Crippen LogP contribution >= 0.6 is 0 Å². The van der Waals surface area contributed by atoms with Gasteiger partial charge in [-0.05, 0) is 61.1 Å². The van der Waals surface area contributed by atoms with Crippen LogP contribution in [0.5, 0.6) is 0 Å². The summed E-state index contributed by atoms with van der Waals surface area (Å²) in [5.41, 5.74) is 6.77. The average molecular weight is 401 g/mol. The average Bonchev–Trinajstić information content (AvgIpc) is 2.76. The van der Waals surface area contributed by atoms with Crippen molar-refractivity contribution >= 4 is 11.8 Å². The quantitative estimate of drug-likeness (QED) is 0.626. The maximum Gasteiger partial charge on any atom is 0.252 e. The van der Waals surface area contributed by atoms with Gasteiger partial charge in [0.2, 0.25) is 0 Å². The summed E-state index contributed by atoms with van der Waals surface area (Å²) in [6.07, 6.45) is 0. The first-order valence-electron chi connectivity index (χ1n) is 10.1. The number of carbonyl (C=O) groups excluding carboxylic acids is 2. The summed E-state index contributed by atoms with van der Waals surface area (Å²) in [6, 6.07) is 19.6. The lowest BCUT2D eigenvalue weighted by atomic mass is 9.88. The summed E-state index contributed by atoms with van der Waals surface area (Å²) in [6.45, 7) is 8.58. The highest BCUT2D eigenvalue weighted by molar-refractivity contribution is 6.03. The summed E-state index contributed by atoms with van der Waals surface area (Å²) in [4.78, 5) is 25.9. The molecule has 3 rings (SSSR count). The lowest BCUT2D eigenvalue weighted by molar-refractivity contribution is 0.0936. The van der Waals surface area contributed by atoms with Gasteiger partial charge in [0.05, 0.1) is 0 Å². The van der Waals surface area contributed by atoms with Crippen molar-refractivity contribution in [3.05, 3.63) is 105 Å². The molecule has 2 N–H and O–H groups in total. The van der Waals surface area contributed by atoms with Crippen molar-refractivity contribution in [2.45, 2.75) is 40.8 Å². The van der Waals surface area contributed by atoms with E-state index < -0.39 is 0 Å². The first kappa shape index (κ1) is 21.3. The van der Waals surface area contributed by atoms with Crippen LogP contribution in [0.2, 0.25) is 0 Å². The van der Waals surface area contributed by atoms with E-state index in [-0.39, 0.29) is 11.8 Å². The van der Waals surface area contributed by atoms with Crippen molar-refractivity contribution in [3.63, 3.8) is 0 Å². The number of amides is 2. The largest absolute Gasteiger partial charge is 0.348 e. The Hall–Kier alpha value is -3.40. The molecule has 0 saturated carbocycles.